The van der Waals surface area contributed by atoms with Gasteiger partial charge in [0.1, 0.15) is 12.1 Å². The van der Waals surface area contributed by atoms with E-state index in [9.17, 15) is 14.7 Å². The maximum Gasteiger partial charge on any atom is 0.265 e. The number of para-hydroxylation sites is 2. The predicted molar refractivity (Wildman–Crippen MR) is 103 cm³/mol. The fourth-order valence-electron chi connectivity index (χ4n) is 2.86. The molecule has 0 fully saturated rings. The van der Waals surface area contributed by atoms with Gasteiger partial charge in [0.15, 0.2) is 0 Å². The summed E-state index contributed by atoms with van der Waals surface area (Å²) < 4.78 is 1.37. The van der Waals surface area contributed by atoms with Crippen molar-refractivity contribution in [2.75, 3.05) is 5.32 Å². The molecule has 132 valence electrons. The lowest BCUT2D eigenvalue weighted by atomic mass is 10.1. The summed E-state index contributed by atoms with van der Waals surface area (Å²) in [6, 6.07) is 20.1. The van der Waals surface area contributed by atoms with Crippen molar-refractivity contribution in [1.82, 2.24) is 9.55 Å². The van der Waals surface area contributed by atoms with Crippen LogP contribution in [0.3, 0.4) is 0 Å². The molecular formula is C21H15N3O3. The van der Waals surface area contributed by atoms with Crippen LogP contribution in [0.4, 0.5) is 5.69 Å². The second-order valence-corrected chi connectivity index (χ2v) is 5.96. The van der Waals surface area contributed by atoms with Gasteiger partial charge >= 0.3 is 0 Å². The molecule has 4 rings (SSSR count). The summed E-state index contributed by atoms with van der Waals surface area (Å²) in [7, 11) is 0. The second-order valence-electron chi connectivity index (χ2n) is 5.96. The number of amides is 1. The zero-order valence-corrected chi connectivity index (χ0v) is 14.2. The molecule has 1 amide bonds. The summed E-state index contributed by atoms with van der Waals surface area (Å²) in [5.74, 6) is -0.251. The molecule has 0 aliphatic heterocycles. The van der Waals surface area contributed by atoms with Crippen LogP contribution < -0.4 is 10.9 Å². The number of anilines is 1. The van der Waals surface area contributed by atoms with Gasteiger partial charge in [-0.3, -0.25) is 14.2 Å². The van der Waals surface area contributed by atoms with Crippen LogP contribution in [0.15, 0.2) is 83.9 Å². The molecule has 3 aromatic carbocycles. The highest BCUT2D eigenvalue weighted by Gasteiger charge is 2.15. The SMILES string of the molecule is O=C(Nc1ccc(O)cc1)c1ccccc1-n1cnc2ccccc2c1=O. The van der Waals surface area contributed by atoms with Gasteiger partial charge in [0, 0.05) is 5.69 Å². The van der Waals surface area contributed by atoms with Crippen molar-refractivity contribution >= 4 is 22.5 Å². The lowest BCUT2D eigenvalue weighted by Crippen LogP contribution is -2.22. The van der Waals surface area contributed by atoms with Crippen LogP contribution in [0, 0.1) is 0 Å². The molecule has 0 aliphatic carbocycles. The molecule has 0 unspecified atom stereocenters. The van der Waals surface area contributed by atoms with Gasteiger partial charge < -0.3 is 10.4 Å². The minimum absolute atomic E-state index is 0.113. The van der Waals surface area contributed by atoms with Crippen LogP contribution in [0.5, 0.6) is 5.75 Å². The molecule has 1 heterocycles. The quantitative estimate of drug-likeness (QED) is 0.551. The normalized spacial score (nSPS) is 10.7. The van der Waals surface area contributed by atoms with Gasteiger partial charge in [-0.05, 0) is 48.5 Å². The molecule has 0 radical (unpaired) electrons. The monoisotopic (exact) mass is 357 g/mol. The maximum atomic E-state index is 12.9. The van der Waals surface area contributed by atoms with Gasteiger partial charge in [-0.15, -0.1) is 0 Å². The first-order chi connectivity index (χ1) is 13.1. The fourth-order valence-corrected chi connectivity index (χ4v) is 2.86. The van der Waals surface area contributed by atoms with E-state index in [0.717, 1.165) is 0 Å². The van der Waals surface area contributed by atoms with Crippen molar-refractivity contribution in [2.45, 2.75) is 0 Å². The third kappa shape index (κ3) is 3.16. The Morgan fingerprint density at radius 3 is 2.44 bits per heavy atom. The first-order valence-electron chi connectivity index (χ1n) is 8.30. The van der Waals surface area contributed by atoms with E-state index in [1.807, 2.05) is 6.07 Å². The standard InChI is InChI=1S/C21H15N3O3/c25-15-11-9-14(10-12-15)23-20(26)17-6-2-4-8-19(17)24-13-22-18-7-3-1-5-16(18)21(24)27/h1-13,25H,(H,23,26). The Hall–Kier alpha value is -3.93. The zero-order chi connectivity index (χ0) is 18.8. The van der Waals surface area contributed by atoms with Crippen LogP contribution in [0.1, 0.15) is 10.4 Å². The van der Waals surface area contributed by atoms with Crippen LogP contribution in [0.2, 0.25) is 0 Å². The zero-order valence-electron chi connectivity index (χ0n) is 14.2. The van der Waals surface area contributed by atoms with Crippen molar-refractivity contribution in [2.24, 2.45) is 0 Å². The van der Waals surface area contributed by atoms with E-state index in [4.69, 9.17) is 0 Å². The molecule has 0 atom stereocenters. The van der Waals surface area contributed by atoms with E-state index in [1.54, 1.807) is 54.6 Å². The smallest absolute Gasteiger partial charge is 0.265 e. The van der Waals surface area contributed by atoms with Crippen LogP contribution in [-0.4, -0.2) is 20.6 Å². The highest BCUT2D eigenvalue weighted by atomic mass is 16.3. The average molecular weight is 357 g/mol. The minimum Gasteiger partial charge on any atom is -0.508 e. The summed E-state index contributed by atoms with van der Waals surface area (Å²) in [5, 5.41) is 12.6. The Balaban J connectivity index is 1.77. The first-order valence-corrected chi connectivity index (χ1v) is 8.30. The van der Waals surface area contributed by atoms with Gasteiger partial charge in [0.25, 0.3) is 11.5 Å². The molecule has 0 saturated heterocycles. The molecule has 2 N–H and O–H groups in total. The van der Waals surface area contributed by atoms with Crippen LogP contribution in [-0.2, 0) is 0 Å². The summed E-state index contributed by atoms with van der Waals surface area (Å²) in [6.07, 6.45) is 1.43. The number of aromatic nitrogens is 2. The lowest BCUT2D eigenvalue weighted by Gasteiger charge is -2.12. The van der Waals surface area contributed by atoms with Gasteiger partial charge in [0.05, 0.1) is 22.2 Å². The first kappa shape index (κ1) is 16.5. The average Bonchev–Trinajstić information content (AvgIpc) is 2.70. The number of aromatic hydroxyl groups is 1. The molecule has 6 heteroatoms. The number of carbonyl (C=O) groups is 1. The van der Waals surface area contributed by atoms with Crippen molar-refractivity contribution in [1.29, 1.82) is 0 Å². The Morgan fingerprint density at radius 2 is 1.63 bits per heavy atom. The fraction of sp³-hybridized carbons (Fsp3) is 0. The van der Waals surface area contributed by atoms with E-state index < -0.39 is 0 Å². The number of nitrogens with zero attached hydrogens (tertiary/aromatic N) is 2. The van der Waals surface area contributed by atoms with Crippen molar-refractivity contribution < 1.29 is 9.90 Å². The molecule has 0 aliphatic rings. The number of rotatable bonds is 3. The van der Waals surface area contributed by atoms with Gasteiger partial charge in [-0.25, -0.2) is 4.98 Å². The third-order valence-electron chi connectivity index (χ3n) is 4.20. The Labute approximate surface area is 154 Å². The predicted octanol–water partition coefficient (Wildman–Crippen LogP) is 3.34. The Bertz CT molecular complexity index is 1200. The lowest BCUT2D eigenvalue weighted by molar-refractivity contribution is 0.102. The maximum absolute atomic E-state index is 12.9. The third-order valence-corrected chi connectivity index (χ3v) is 4.20. The van der Waals surface area contributed by atoms with Crippen molar-refractivity contribution in [3.63, 3.8) is 0 Å². The number of nitrogens with one attached hydrogen (secondary N) is 1. The molecule has 27 heavy (non-hydrogen) atoms. The van der Waals surface area contributed by atoms with Gasteiger partial charge in [-0.2, -0.15) is 0 Å². The molecular weight excluding hydrogens is 342 g/mol. The van der Waals surface area contributed by atoms with Crippen molar-refractivity contribution in [3.8, 4) is 11.4 Å². The highest BCUT2D eigenvalue weighted by Crippen LogP contribution is 2.18. The minimum atomic E-state index is -0.364. The number of phenolic OH excluding ortho intramolecular Hbond substituents is 1. The number of phenols is 1. The topological polar surface area (TPSA) is 84.2 Å². The molecule has 1 aromatic heterocycles. The number of hydrogen-bond donors (Lipinski definition) is 2. The molecule has 0 bridgehead atoms. The summed E-state index contributed by atoms with van der Waals surface area (Å²) in [4.78, 5) is 29.9. The van der Waals surface area contributed by atoms with E-state index in [-0.39, 0.29) is 17.2 Å². The number of fused-ring (bicyclic) bond motifs is 1. The van der Waals surface area contributed by atoms with E-state index in [1.165, 1.54) is 23.0 Å². The molecule has 0 saturated carbocycles. The summed E-state index contributed by atoms with van der Waals surface area (Å²) in [5.41, 5.74) is 1.67. The number of carbonyl (C=O) groups excluding carboxylic acids is 1. The van der Waals surface area contributed by atoms with Crippen LogP contribution >= 0.6 is 0 Å². The number of hydrogen-bond acceptors (Lipinski definition) is 4. The van der Waals surface area contributed by atoms with Gasteiger partial charge in [0.2, 0.25) is 0 Å². The summed E-state index contributed by atoms with van der Waals surface area (Å²) in [6.45, 7) is 0. The highest BCUT2D eigenvalue weighted by molar-refractivity contribution is 6.06. The summed E-state index contributed by atoms with van der Waals surface area (Å²) >= 11 is 0. The van der Waals surface area contributed by atoms with Gasteiger partial charge in [-0.1, -0.05) is 24.3 Å². The molecule has 6 nitrogen and oxygen atoms in total. The Morgan fingerprint density at radius 1 is 0.926 bits per heavy atom. The van der Waals surface area contributed by atoms with Crippen molar-refractivity contribution in [3.05, 3.63) is 95.0 Å². The van der Waals surface area contributed by atoms with E-state index in [0.29, 0.717) is 27.8 Å². The van der Waals surface area contributed by atoms with E-state index >= 15 is 0 Å². The van der Waals surface area contributed by atoms with Crippen LogP contribution in [0.25, 0.3) is 16.6 Å². The Kier molecular flexibility index (Phi) is 4.14. The largest absolute Gasteiger partial charge is 0.508 e. The second kappa shape index (κ2) is 6.76. The molecule has 0 spiro atoms. The van der Waals surface area contributed by atoms with E-state index in [2.05, 4.69) is 10.3 Å². The number of benzene rings is 3. The molecule has 4 aromatic rings.